The molecule has 47 heavy (non-hydrogen) atoms. The summed E-state index contributed by atoms with van der Waals surface area (Å²) in [6.07, 6.45) is 0. The molecular weight excluding hydrogens is 614 g/mol. The van der Waals surface area contributed by atoms with E-state index in [1.54, 1.807) is 30.3 Å². The van der Waals surface area contributed by atoms with Gasteiger partial charge in [0, 0.05) is 49.5 Å². The number of sulfonamides is 1. The predicted octanol–water partition coefficient (Wildman–Crippen LogP) is 4.49. The lowest BCUT2D eigenvalue weighted by Gasteiger charge is -2.34. The molecule has 1 atom stereocenters. The smallest absolute Gasteiger partial charge is 0.270 e. The molecule has 11 heteroatoms. The molecule has 6 rings (SSSR count). The quantitative estimate of drug-likeness (QED) is 0.265. The van der Waals surface area contributed by atoms with E-state index in [-0.39, 0.29) is 22.7 Å². The van der Waals surface area contributed by atoms with Gasteiger partial charge >= 0.3 is 0 Å². The minimum atomic E-state index is -4.40. The summed E-state index contributed by atoms with van der Waals surface area (Å²) in [5.41, 5.74) is 1.56. The zero-order chi connectivity index (χ0) is 33.2. The van der Waals surface area contributed by atoms with Gasteiger partial charge < -0.3 is 19.3 Å². The van der Waals surface area contributed by atoms with E-state index in [2.05, 4.69) is 40.4 Å². The third-order valence-electron chi connectivity index (χ3n) is 8.80. The standard InChI is InChI=1S/C36H37N5O5S/c1-4-46-34-8-6-5-7-31(34)36(38-25-26-9-12-28(13-10-26)40-21-19-39(2)20-22-40)32-23-27(24-37)11-18-33(32)41(35(36)42)47(43,44)30-16-14-29(45-3)15-17-30/h5-18,23,38H,4,19-22,25H2,1-3H3. The van der Waals surface area contributed by atoms with Gasteiger partial charge in [-0.3, -0.25) is 10.1 Å². The molecule has 1 fully saturated rings. The molecule has 10 nitrogen and oxygen atoms in total. The monoisotopic (exact) mass is 651 g/mol. The number of anilines is 2. The van der Waals surface area contributed by atoms with Gasteiger partial charge in [0.15, 0.2) is 5.54 Å². The molecule has 1 amide bonds. The maximum absolute atomic E-state index is 15.0. The van der Waals surface area contributed by atoms with E-state index in [4.69, 9.17) is 9.47 Å². The number of rotatable bonds is 10. The van der Waals surface area contributed by atoms with Crippen molar-refractivity contribution in [1.29, 1.82) is 5.26 Å². The van der Waals surface area contributed by atoms with Crippen LogP contribution in [0.5, 0.6) is 11.5 Å². The second kappa shape index (κ2) is 13.1. The molecule has 0 saturated carbocycles. The van der Waals surface area contributed by atoms with Crippen LogP contribution >= 0.6 is 0 Å². The zero-order valence-electron chi connectivity index (χ0n) is 26.6. The van der Waals surface area contributed by atoms with Gasteiger partial charge in [-0.25, -0.2) is 12.7 Å². The molecule has 1 saturated heterocycles. The first kappa shape index (κ1) is 32.1. The number of hydrogen-bond donors (Lipinski definition) is 1. The number of benzene rings is 4. The molecule has 2 aliphatic heterocycles. The summed E-state index contributed by atoms with van der Waals surface area (Å²) < 4.78 is 40.7. The topological polar surface area (TPSA) is 115 Å². The van der Waals surface area contributed by atoms with Crippen molar-refractivity contribution in [2.24, 2.45) is 0 Å². The fourth-order valence-corrected chi connectivity index (χ4v) is 7.72. The highest BCUT2D eigenvalue weighted by molar-refractivity contribution is 7.93. The lowest BCUT2D eigenvalue weighted by molar-refractivity contribution is -0.121. The van der Waals surface area contributed by atoms with Crippen molar-refractivity contribution in [2.45, 2.75) is 23.9 Å². The third-order valence-corrected chi connectivity index (χ3v) is 10.5. The number of para-hydroxylation sites is 1. The van der Waals surface area contributed by atoms with Crippen LogP contribution in [0.1, 0.15) is 29.2 Å². The van der Waals surface area contributed by atoms with E-state index < -0.39 is 21.5 Å². The van der Waals surface area contributed by atoms with Crippen molar-refractivity contribution in [3.05, 3.63) is 113 Å². The highest BCUT2D eigenvalue weighted by Gasteiger charge is 2.57. The number of amides is 1. The molecule has 0 aliphatic carbocycles. The normalized spacial score (nSPS) is 18.1. The molecule has 4 aromatic rings. The molecule has 0 aromatic heterocycles. The Morgan fingerprint density at radius 3 is 2.28 bits per heavy atom. The third kappa shape index (κ3) is 5.80. The second-order valence-electron chi connectivity index (χ2n) is 11.6. The Balaban J connectivity index is 1.47. The molecule has 1 N–H and O–H groups in total. The first-order valence-electron chi connectivity index (χ1n) is 15.5. The molecule has 4 aromatic carbocycles. The first-order chi connectivity index (χ1) is 22.7. The summed E-state index contributed by atoms with van der Waals surface area (Å²) in [4.78, 5) is 19.6. The number of nitrogens with one attached hydrogen (secondary N) is 1. The van der Waals surface area contributed by atoms with Gasteiger partial charge in [0.25, 0.3) is 15.9 Å². The Morgan fingerprint density at radius 1 is 0.915 bits per heavy atom. The number of fused-ring (bicyclic) bond motifs is 1. The minimum Gasteiger partial charge on any atom is -0.497 e. The van der Waals surface area contributed by atoms with Crippen LogP contribution in [0.3, 0.4) is 0 Å². The van der Waals surface area contributed by atoms with Gasteiger partial charge in [-0.2, -0.15) is 5.26 Å². The van der Waals surface area contributed by atoms with Gasteiger partial charge in [-0.15, -0.1) is 0 Å². The Bertz CT molecular complexity index is 1920. The maximum Gasteiger partial charge on any atom is 0.270 e. The lowest BCUT2D eigenvalue weighted by Crippen LogP contribution is -2.52. The number of carbonyl (C=O) groups excluding carboxylic acids is 1. The second-order valence-corrected chi connectivity index (χ2v) is 13.4. The Hall–Kier alpha value is -4.89. The number of nitriles is 1. The number of likely N-dealkylation sites (N-methyl/N-ethyl adjacent to an activating group) is 1. The van der Waals surface area contributed by atoms with Crippen LogP contribution in [0.15, 0.2) is 95.9 Å². The van der Waals surface area contributed by atoms with Crippen LogP contribution in [-0.4, -0.2) is 66.2 Å². The van der Waals surface area contributed by atoms with Crippen LogP contribution in [-0.2, 0) is 26.9 Å². The van der Waals surface area contributed by atoms with Gasteiger partial charge in [0.05, 0.1) is 35.9 Å². The average molecular weight is 652 g/mol. The van der Waals surface area contributed by atoms with Crippen molar-refractivity contribution in [3.8, 4) is 17.6 Å². The van der Waals surface area contributed by atoms with E-state index in [1.807, 2.05) is 19.1 Å². The average Bonchev–Trinajstić information content (AvgIpc) is 3.36. The molecular formula is C36H37N5O5S. The Labute approximate surface area is 275 Å². The molecule has 0 radical (unpaired) electrons. The van der Waals surface area contributed by atoms with Gasteiger partial charge in [0.2, 0.25) is 0 Å². The van der Waals surface area contributed by atoms with Crippen LogP contribution in [0, 0.1) is 11.3 Å². The molecule has 242 valence electrons. The fourth-order valence-electron chi connectivity index (χ4n) is 6.26. The summed E-state index contributed by atoms with van der Waals surface area (Å²) in [6, 6.07) is 28.0. The lowest BCUT2D eigenvalue weighted by atomic mass is 9.82. The minimum absolute atomic E-state index is 0.0738. The molecule has 2 aliphatic rings. The van der Waals surface area contributed by atoms with E-state index in [0.29, 0.717) is 29.2 Å². The number of methoxy groups -OCH3 is 1. The number of hydrogen-bond acceptors (Lipinski definition) is 9. The first-order valence-corrected chi connectivity index (χ1v) is 16.9. The predicted molar refractivity (Wildman–Crippen MR) is 180 cm³/mol. The molecule has 2 heterocycles. The Kier molecular flexibility index (Phi) is 8.92. The van der Waals surface area contributed by atoms with Crippen molar-refractivity contribution in [1.82, 2.24) is 10.2 Å². The zero-order valence-corrected chi connectivity index (χ0v) is 27.5. The summed E-state index contributed by atoms with van der Waals surface area (Å²) in [5.74, 6) is 0.189. The van der Waals surface area contributed by atoms with Crippen LogP contribution in [0.25, 0.3) is 0 Å². The maximum atomic E-state index is 15.0. The van der Waals surface area contributed by atoms with Crippen molar-refractivity contribution >= 4 is 27.3 Å². The highest BCUT2D eigenvalue weighted by Crippen LogP contribution is 2.49. The summed E-state index contributed by atoms with van der Waals surface area (Å²) in [5, 5.41) is 13.4. The van der Waals surface area contributed by atoms with Crippen LogP contribution < -0.4 is 24.0 Å². The van der Waals surface area contributed by atoms with E-state index in [9.17, 15) is 13.7 Å². The van der Waals surface area contributed by atoms with E-state index >= 15 is 4.79 Å². The summed E-state index contributed by atoms with van der Waals surface area (Å²) >= 11 is 0. The largest absolute Gasteiger partial charge is 0.497 e. The highest BCUT2D eigenvalue weighted by atomic mass is 32.2. The van der Waals surface area contributed by atoms with Crippen molar-refractivity contribution in [3.63, 3.8) is 0 Å². The van der Waals surface area contributed by atoms with Crippen molar-refractivity contribution in [2.75, 3.05) is 56.1 Å². The van der Waals surface area contributed by atoms with E-state index in [1.165, 1.54) is 43.5 Å². The number of carbonyl (C=O) groups is 1. The van der Waals surface area contributed by atoms with Gasteiger partial charge in [-0.1, -0.05) is 30.3 Å². The number of nitrogens with zero attached hydrogens (tertiary/aromatic N) is 4. The molecule has 0 spiro atoms. The van der Waals surface area contributed by atoms with Gasteiger partial charge in [0.1, 0.15) is 11.5 Å². The van der Waals surface area contributed by atoms with E-state index in [0.717, 1.165) is 41.7 Å². The molecule has 0 bridgehead atoms. The number of ether oxygens (including phenoxy) is 2. The number of piperazine rings is 1. The van der Waals surface area contributed by atoms with Crippen LogP contribution in [0.2, 0.25) is 0 Å². The van der Waals surface area contributed by atoms with Crippen molar-refractivity contribution < 1.29 is 22.7 Å². The Morgan fingerprint density at radius 2 is 1.62 bits per heavy atom. The van der Waals surface area contributed by atoms with Crippen LogP contribution in [0.4, 0.5) is 11.4 Å². The fraction of sp³-hybridized carbons (Fsp3) is 0.278. The molecule has 1 unspecified atom stereocenters. The van der Waals surface area contributed by atoms with Gasteiger partial charge in [-0.05, 0) is 80.2 Å². The SMILES string of the molecule is CCOc1ccccc1C1(NCc2ccc(N3CCN(C)CC3)cc2)C(=O)N(S(=O)(=O)c2ccc(OC)cc2)c2ccc(C#N)cc21. The summed E-state index contributed by atoms with van der Waals surface area (Å²) in [6.45, 7) is 6.26. The summed E-state index contributed by atoms with van der Waals surface area (Å²) in [7, 11) is -0.785.